The van der Waals surface area contributed by atoms with Crippen molar-refractivity contribution in [3.63, 3.8) is 0 Å². The first-order valence-electron chi connectivity index (χ1n) is 5.18. The van der Waals surface area contributed by atoms with Gasteiger partial charge in [0, 0.05) is 13.6 Å². The average Bonchev–Trinajstić information content (AvgIpc) is 2.14. The molecule has 3 N–H and O–H groups in total. The van der Waals surface area contributed by atoms with Gasteiger partial charge >= 0.3 is 5.97 Å². The van der Waals surface area contributed by atoms with E-state index in [4.69, 9.17) is 15.6 Å². The zero-order valence-corrected chi connectivity index (χ0v) is 9.97. The van der Waals surface area contributed by atoms with Crippen LogP contribution in [0.5, 0.6) is 0 Å². The van der Waals surface area contributed by atoms with Crippen molar-refractivity contribution in [2.45, 2.75) is 32.4 Å². The molecule has 1 amide bonds. The van der Waals surface area contributed by atoms with Gasteiger partial charge in [-0.25, -0.2) is 0 Å². The third-order valence-corrected chi connectivity index (χ3v) is 1.97. The Hall–Kier alpha value is -1.14. The summed E-state index contributed by atoms with van der Waals surface area (Å²) in [4.78, 5) is 23.3. The van der Waals surface area contributed by atoms with Crippen molar-refractivity contribution >= 4 is 11.9 Å². The van der Waals surface area contributed by atoms with Gasteiger partial charge in [0.2, 0.25) is 5.91 Å². The summed E-state index contributed by atoms with van der Waals surface area (Å²) in [7, 11) is 1.58. The van der Waals surface area contributed by atoms with Gasteiger partial charge in [-0.1, -0.05) is 0 Å². The predicted octanol–water partition coefficient (Wildman–Crippen LogP) is -0.328. The summed E-state index contributed by atoms with van der Waals surface area (Å²) in [6.07, 6.45) is -0.245. The molecular weight excluding hydrogens is 212 g/mol. The number of nitrogens with zero attached hydrogens (tertiary/aromatic N) is 1. The largest absolute Gasteiger partial charge is 0.481 e. The first kappa shape index (κ1) is 14.9. The summed E-state index contributed by atoms with van der Waals surface area (Å²) in [6, 6.07) is -0.985. The molecule has 0 aliphatic rings. The van der Waals surface area contributed by atoms with Crippen molar-refractivity contribution in [1.29, 1.82) is 0 Å². The van der Waals surface area contributed by atoms with Crippen molar-refractivity contribution in [2.75, 3.05) is 20.2 Å². The zero-order valence-electron chi connectivity index (χ0n) is 9.97. The van der Waals surface area contributed by atoms with Crippen molar-refractivity contribution < 1.29 is 19.4 Å². The van der Waals surface area contributed by atoms with E-state index in [2.05, 4.69) is 0 Å². The number of carboxylic acid groups (broad SMARTS) is 1. The quantitative estimate of drug-likeness (QED) is 0.627. The van der Waals surface area contributed by atoms with Gasteiger partial charge in [0.05, 0.1) is 25.2 Å². The Morgan fingerprint density at radius 2 is 2.00 bits per heavy atom. The van der Waals surface area contributed by atoms with E-state index in [-0.39, 0.29) is 18.4 Å². The fourth-order valence-electron chi connectivity index (χ4n) is 1.09. The van der Waals surface area contributed by atoms with Gasteiger partial charge in [-0.05, 0) is 13.8 Å². The molecule has 1 atom stereocenters. The summed E-state index contributed by atoms with van der Waals surface area (Å²) in [5.41, 5.74) is 5.44. The fraction of sp³-hybridized carbons (Fsp3) is 0.800. The molecule has 0 spiro atoms. The van der Waals surface area contributed by atoms with Crippen LogP contribution < -0.4 is 5.73 Å². The SMILES string of the molecule is CC(C)OCCN(C)C(=O)C(N)CC(=O)O. The number of aliphatic carboxylic acids is 1. The van der Waals surface area contributed by atoms with Crippen LogP contribution in [0.3, 0.4) is 0 Å². The number of carbonyl (C=O) groups excluding carboxylic acids is 1. The maximum Gasteiger partial charge on any atom is 0.305 e. The normalized spacial score (nSPS) is 12.6. The number of carboxylic acids is 1. The highest BCUT2D eigenvalue weighted by Gasteiger charge is 2.20. The number of likely N-dealkylation sites (N-methyl/N-ethyl adjacent to an activating group) is 1. The molecule has 0 aromatic rings. The number of rotatable bonds is 7. The summed E-state index contributed by atoms with van der Waals surface area (Å²) in [5, 5.41) is 8.49. The minimum atomic E-state index is -1.08. The molecule has 0 aromatic carbocycles. The third kappa shape index (κ3) is 6.36. The molecule has 0 aromatic heterocycles. The van der Waals surface area contributed by atoms with Gasteiger partial charge in [0.15, 0.2) is 0 Å². The summed E-state index contributed by atoms with van der Waals surface area (Å²) < 4.78 is 5.27. The molecule has 0 aliphatic heterocycles. The summed E-state index contributed by atoms with van der Waals surface area (Å²) in [5.74, 6) is -1.46. The fourth-order valence-corrected chi connectivity index (χ4v) is 1.09. The zero-order chi connectivity index (χ0) is 12.7. The Morgan fingerprint density at radius 3 is 2.44 bits per heavy atom. The molecule has 0 heterocycles. The van der Waals surface area contributed by atoms with E-state index >= 15 is 0 Å². The predicted molar refractivity (Wildman–Crippen MR) is 59.0 cm³/mol. The van der Waals surface area contributed by atoms with Crippen molar-refractivity contribution in [3.05, 3.63) is 0 Å². The number of nitrogens with two attached hydrogens (primary N) is 1. The van der Waals surface area contributed by atoms with E-state index in [1.165, 1.54) is 4.90 Å². The molecule has 0 rings (SSSR count). The van der Waals surface area contributed by atoms with Crippen LogP contribution in [-0.2, 0) is 14.3 Å². The molecule has 0 radical (unpaired) electrons. The Morgan fingerprint density at radius 1 is 1.44 bits per heavy atom. The second kappa shape index (κ2) is 7.19. The molecular formula is C10H20N2O4. The van der Waals surface area contributed by atoms with E-state index in [1.54, 1.807) is 7.05 Å². The summed E-state index contributed by atoms with van der Waals surface area (Å²) in [6.45, 7) is 4.63. The number of carbonyl (C=O) groups is 2. The van der Waals surface area contributed by atoms with Crippen LogP contribution in [0.4, 0.5) is 0 Å². The molecule has 0 saturated carbocycles. The first-order valence-corrected chi connectivity index (χ1v) is 5.18. The Balaban J connectivity index is 3.93. The van der Waals surface area contributed by atoms with Crippen LogP contribution in [0.25, 0.3) is 0 Å². The second-order valence-electron chi connectivity index (χ2n) is 3.88. The highest BCUT2D eigenvalue weighted by Crippen LogP contribution is 1.96. The molecule has 1 unspecified atom stereocenters. The minimum absolute atomic E-state index is 0.108. The average molecular weight is 232 g/mol. The van der Waals surface area contributed by atoms with E-state index < -0.39 is 12.0 Å². The summed E-state index contributed by atoms with van der Waals surface area (Å²) >= 11 is 0. The number of amides is 1. The van der Waals surface area contributed by atoms with Crippen LogP contribution in [0.1, 0.15) is 20.3 Å². The molecule has 0 saturated heterocycles. The Kier molecular flexibility index (Phi) is 6.67. The molecule has 0 aliphatic carbocycles. The minimum Gasteiger partial charge on any atom is -0.481 e. The lowest BCUT2D eigenvalue weighted by atomic mass is 10.2. The lowest BCUT2D eigenvalue weighted by Crippen LogP contribution is -2.44. The van der Waals surface area contributed by atoms with Crippen LogP contribution >= 0.6 is 0 Å². The molecule has 16 heavy (non-hydrogen) atoms. The number of hydrogen-bond acceptors (Lipinski definition) is 4. The smallest absolute Gasteiger partial charge is 0.305 e. The maximum atomic E-state index is 11.5. The molecule has 0 fully saturated rings. The molecule has 94 valence electrons. The van der Waals surface area contributed by atoms with Crippen LogP contribution in [0.15, 0.2) is 0 Å². The van der Waals surface area contributed by atoms with Gasteiger partial charge in [-0.2, -0.15) is 0 Å². The van der Waals surface area contributed by atoms with Crippen molar-refractivity contribution in [2.24, 2.45) is 5.73 Å². The van der Waals surface area contributed by atoms with E-state index in [0.29, 0.717) is 13.2 Å². The second-order valence-corrected chi connectivity index (χ2v) is 3.88. The molecule has 6 nitrogen and oxygen atoms in total. The standard InChI is InChI=1S/C10H20N2O4/c1-7(2)16-5-4-12(3)10(15)8(11)6-9(13)14/h7-8H,4-6,11H2,1-3H3,(H,13,14). The Labute approximate surface area is 95.4 Å². The maximum absolute atomic E-state index is 11.5. The van der Waals surface area contributed by atoms with Gasteiger partial charge in [0.1, 0.15) is 0 Å². The van der Waals surface area contributed by atoms with Crippen molar-refractivity contribution in [3.8, 4) is 0 Å². The van der Waals surface area contributed by atoms with E-state index in [9.17, 15) is 9.59 Å². The third-order valence-electron chi connectivity index (χ3n) is 1.97. The van der Waals surface area contributed by atoms with E-state index in [1.807, 2.05) is 13.8 Å². The number of ether oxygens (including phenoxy) is 1. The monoisotopic (exact) mass is 232 g/mol. The van der Waals surface area contributed by atoms with Crippen LogP contribution in [-0.4, -0.2) is 54.2 Å². The first-order chi connectivity index (χ1) is 7.34. The number of hydrogen-bond donors (Lipinski definition) is 2. The van der Waals surface area contributed by atoms with Gasteiger partial charge < -0.3 is 20.5 Å². The highest BCUT2D eigenvalue weighted by molar-refractivity contribution is 5.85. The topological polar surface area (TPSA) is 92.9 Å². The van der Waals surface area contributed by atoms with Gasteiger partial charge in [-0.3, -0.25) is 9.59 Å². The van der Waals surface area contributed by atoms with Crippen LogP contribution in [0, 0.1) is 0 Å². The Bertz CT molecular complexity index is 243. The molecule has 0 bridgehead atoms. The lowest BCUT2D eigenvalue weighted by Gasteiger charge is -2.20. The molecule has 6 heteroatoms. The van der Waals surface area contributed by atoms with Crippen LogP contribution in [0.2, 0.25) is 0 Å². The van der Waals surface area contributed by atoms with Crippen molar-refractivity contribution in [1.82, 2.24) is 4.90 Å². The van der Waals surface area contributed by atoms with Gasteiger partial charge in [0.25, 0.3) is 0 Å². The highest BCUT2D eigenvalue weighted by atomic mass is 16.5. The van der Waals surface area contributed by atoms with E-state index in [0.717, 1.165) is 0 Å². The van der Waals surface area contributed by atoms with Gasteiger partial charge in [-0.15, -0.1) is 0 Å². The lowest BCUT2D eigenvalue weighted by molar-refractivity contribution is -0.141.